The lowest BCUT2D eigenvalue weighted by atomic mass is 10.2. The first kappa shape index (κ1) is 9.37. The van der Waals surface area contributed by atoms with E-state index in [1.165, 1.54) is 0 Å². The van der Waals surface area contributed by atoms with Crippen LogP contribution in [0.3, 0.4) is 0 Å². The van der Waals surface area contributed by atoms with Gasteiger partial charge in [-0.25, -0.2) is 4.99 Å². The number of benzene rings is 1. The third kappa shape index (κ3) is 1.69. The average molecular weight is 190 g/mol. The Morgan fingerprint density at radius 1 is 1.43 bits per heavy atom. The zero-order valence-corrected chi connectivity index (χ0v) is 8.23. The Bertz CT molecular complexity index is 404. The van der Waals surface area contributed by atoms with Crippen LogP contribution in [-0.4, -0.2) is 18.9 Å². The minimum atomic E-state index is -0.525. The molecule has 1 heterocycles. The molecular formula is C11H14N2O. The molecule has 1 aliphatic rings. The van der Waals surface area contributed by atoms with Crippen LogP contribution in [0.1, 0.15) is 6.92 Å². The van der Waals surface area contributed by atoms with Crippen molar-refractivity contribution in [2.75, 3.05) is 13.2 Å². The van der Waals surface area contributed by atoms with Gasteiger partial charge in [-0.05, 0) is 19.1 Å². The Morgan fingerprint density at radius 3 is 2.93 bits per heavy atom. The molecule has 14 heavy (non-hydrogen) atoms. The summed E-state index contributed by atoms with van der Waals surface area (Å²) >= 11 is 0. The number of hydrogen-bond donors (Lipinski definition) is 1. The standard InChI is InChI=1S/C11H14N2O/c1-11(14-7-6-12)8-9-4-2-3-5-10(9)13-11/h2-5,8H,6-7,12H2,1H3. The zero-order chi connectivity index (χ0) is 10.0. The lowest BCUT2D eigenvalue weighted by Crippen LogP contribution is -2.25. The second kappa shape index (κ2) is 3.52. The Balaban J connectivity index is 2.33. The van der Waals surface area contributed by atoms with Gasteiger partial charge in [0.1, 0.15) is 0 Å². The number of hydrogen-bond acceptors (Lipinski definition) is 3. The van der Waals surface area contributed by atoms with Crippen molar-refractivity contribution in [3.63, 3.8) is 0 Å². The van der Waals surface area contributed by atoms with Gasteiger partial charge in [0.15, 0.2) is 5.72 Å². The molecule has 0 aliphatic carbocycles. The third-order valence-electron chi connectivity index (χ3n) is 2.21. The highest BCUT2D eigenvalue weighted by atomic mass is 16.5. The van der Waals surface area contributed by atoms with E-state index in [1.807, 2.05) is 37.3 Å². The van der Waals surface area contributed by atoms with Gasteiger partial charge in [-0.3, -0.25) is 0 Å². The molecule has 0 fully saturated rings. The predicted molar refractivity (Wildman–Crippen MR) is 55.1 cm³/mol. The molecule has 1 unspecified atom stereocenters. The SMILES string of the molecule is CC1(OCCN)C=c2ccccc2=N1. The molecule has 3 nitrogen and oxygen atoms in total. The van der Waals surface area contributed by atoms with Crippen LogP contribution >= 0.6 is 0 Å². The van der Waals surface area contributed by atoms with E-state index >= 15 is 0 Å². The highest BCUT2D eigenvalue weighted by molar-refractivity contribution is 5.37. The second-order valence-electron chi connectivity index (χ2n) is 3.51. The first-order valence-electron chi connectivity index (χ1n) is 4.75. The van der Waals surface area contributed by atoms with Crippen LogP contribution in [0.2, 0.25) is 0 Å². The number of nitrogens with two attached hydrogens (primary N) is 1. The highest BCUT2D eigenvalue weighted by Gasteiger charge is 2.23. The topological polar surface area (TPSA) is 47.6 Å². The van der Waals surface area contributed by atoms with Crippen molar-refractivity contribution in [1.29, 1.82) is 0 Å². The summed E-state index contributed by atoms with van der Waals surface area (Å²) in [5.41, 5.74) is 4.87. The van der Waals surface area contributed by atoms with Crippen molar-refractivity contribution in [2.45, 2.75) is 12.6 Å². The molecule has 0 bridgehead atoms. The number of rotatable bonds is 3. The lowest BCUT2D eigenvalue weighted by Gasteiger charge is -2.18. The van der Waals surface area contributed by atoms with Gasteiger partial charge in [0.05, 0.1) is 12.0 Å². The van der Waals surface area contributed by atoms with Crippen molar-refractivity contribution >= 4 is 6.08 Å². The molecule has 0 saturated heterocycles. The van der Waals surface area contributed by atoms with Crippen LogP contribution in [0.4, 0.5) is 0 Å². The molecule has 0 saturated carbocycles. The molecule has 1 atom stereocenters. The second-order valence-corrected chi connectivity index (χ2v) is 3.51. The van der Waals surface area contributed by atoms with E-state index in [-0.39, 0.29) is 0 Å². The van der Waals surface area contributed by atoms with E-state index in [0.29, 0.717) is 13.2 Å². The maximum Gasteiger partial charge on any atom is 0.176 e. The summed E-state index contributed by atoms with van der Waals surface area (Å²) < 4.78 is 5.57. The normalized spacial score (nSPS) is 23.9. The van der Waals surface area contributed by atoms with E-state index in [1.54, 1.807) is 0 Å². The fourth-order valence-electron chi connectivity index (χ4n) is 1.61. The minimum absolute atomic E-state index is 0.523. The highest BCUT2D eigenvalue weighted by Crippen LogP contribution is 2.14. The predicted octanol–water partition coefficient (Wildman–Crippen LogP) is -0.208. The van der Waals surface area contributed by atoms with Gasteiger partial charge < -0.3 is 10.5 Å². The van der Waals surface area contributed by atoms with Crippen molar-refractivity contribution in [2.24, 2.45) is 10.7 Å². The molecule has 0 spiro atoms. The molecule has 0 aromatic heterocycles. The van der Waals surface area contributed by atoms with E-state index in [2.05, 4.69) is 4.99 Å². The number of fused-ring (bicyclic) bond motifs is 1. The lowest BCUT2D eigenvalue weighted by molar-refractivity contribution is 0.0290. The Kier molecular flexibility index (Phi) is 2.35. The third-order valence-corrected chi connectivity index (χ3v) is 2.21. The van der Waals surface area contributed by atoms with Crippen LogP contribution in [0.25, 0.3) is 6.08 Å². The van der Waals surface area contributed by atoms with Crippen LogP contribution < -0.4 is 16.3 Å². The summed E-state index contributed by atoms with van der Waals surface area (Å²) in [7, 11) is 0. The zero-order valence-electron chi connectivity index (χ0n) is 8.23. The van der Waals surface area contributed by atoms with Gasteiger partial charge in [0.25, 0.3) is 0 Å². The Morgan fingerprint density at radius 2 is 2.21 bits per heavy atom. The summed E-state index contributed by atoms with van der Waals surface area (Å²) in [6, 6.07) is 8.00. The van der Waals surface area contributed by atoms with Crippen LogP contribution in [0, 0.1) is 0 Å². The molecular weight excluding hydrogens is 176 g/mol. The Labute approximate surface area is 82.9 Å². The number of para-hydroxylation sites is 1. The summed E-state index contributed by atoms with van der Waals surface area (Å²) in [6.07, 6.45) is 2.03. The molecule has 1 aromatic carbocycles. The molecule has 0 amide bonds. The fraction of sp³-hybridized carbons (Fsp3) is 0.364. The maximum atomic E-state index is 5.57. The van der Waals surface area contributed by atoms with Gasteiger partial charge in [-0.1, -0.05) is 18.2 Å². The summed E-state index contributed by atoms with van der Waals surface area (Å²) in [6.45, 7) is 3.00. The van der Waals surface area contributed by atoms with Crippen molar-refractivity contribution < 1.29 is 4.74 Å². The molecule has 74 valence electrons. The van der Waals surface area contributed by atoms with E-state index in [9.17, 15) is 0 Å². The molecule has 3 heteroatoms. The summed E-state index contributed by atoms with van der Waals surface area (Å²) in [4.78, 5) is 4.49. The van der Waals surface area contributed by atoms with Gasteiger partial charge in [0.2, 0.25) is 0 Å². The van der Waals surface area contributed by atoms with Gasteiger partial charge >= 0.3 is 0 Å². The first-order chi connectivity index (χ1) is 6.73. The van der Waals surface area contributed by atoms with E-state index in [4.69, 9.17) is 10.5 Å². The van der Waals surface area contributed by atoms with Crippen LogP contribution in [0.15, 0.2) is 29.3 Å². The van der Waals surface area contributed by atoms with Gasteiger partial charge in [-0.2, -0.15) is 0 Å². The van der Waals surface area contributed by atoms with Crippen molar-refractivity contribution in [3.8, 4) is 0 Å². The monoisotopic (exact) mass is 190 g/mol. The van der Waals surface area contributed by atoms with Crippen molar-refractivity contribution in [3.05, 3.63) is 34.8 Å². The maximum absolute atomic E-state index is 5.57. The largest absolute Gasteiger partial charge is 0.349 e. The smallest absolute Gasteiger partial charge is 0.176 e. The number of ether oxygens (including phenoxy) is 1. The minimum Gasteiger partial charge on any atom is -0.349 e. The summed E-state index contributed by atoms with van der Waals surface area (Å²) in [5, 5.41) is 2.12. The fourth-order valence-corrected chi connectivity index (χ4v) is 1.61. The molecule has 1 aliphatic heterocycles. The van der Waals surface area contributed by atoms with Crippen LogP contribution in [-0.2, 0) is 4.74 Å². The van der Waals surface area contributed by atoms with E-state index < -0.39 is 5.72 Å². The van der Waals surface area contributed by atoms with Gasteiger partial charge in [0, 0.05) is 11.8 Å². The molecule has 2 rings (SSSR count). The molecule has 2 N–H and O–H groups in total. The number of nitrogens with zero attached hydrogens (tertiary/aromatic N) is 1. The molecule has 0 radical (unpaired) electrons. The quantitative estimate of drug-likeness (QED) is 0.717. The Hall–Kier alpha value is -1.19. The van der Waals surface area contributed by atoms with Gasteiger partial charge in [-0.15, -0.1) is 0 Å². The summed E-state index contributed by atoms with van der Waals surface area (Å²) in [5.74, 6) is 0. The molecule has 1 aromatic rings. The van der Waals surface area contributed by atoms with E-state index in [0.717, 1.165) is 10.6 Å². The van der Waals surface area contributed by atoms with Crippen molar-refractivity contribution in [1.82, 2.24) is 0 Å². The first-order valence-corrected chi connectivity index (χ1v) is 4.75. The van der Waals surface area contributed by atoms with Crippen LogP contribution in [0.5, 0.6) is 0 Å². The average Bonchev–Trinajstić information content (AvgIpc) is 2.51.